The van der Waals surface area contributed by atoms with E-state index in [9.17, 15) is 13.2 Å². The second-order valence-electron chi connectivity index (χ2n) is 5.21. The summed E-state index contributed by atoms with van der Waals surface area (Å²) in [6, 6.07) is 4.66. The highest BCUT2D eigenvalue weighted by atomic mass is 35.5. The van der Waals surface area contributed by atoms with E-state index in [4.69, 9.17) is 11.6 Å². The van der Waals surface area contributed by atoms with Gasteiger partial charge >= 0.3 is 0 Å². The topological polar surface area (TPSA) is 92.3 Å². The van der Waals surface area contributed by atoms with E-state index >= 15 is 0 Å². The Bertz CT molecular complexity index is 863. The van der Waals surface area contributed by atoms with Crippen LogP contribution < -0.4 is 4.72 Å². The molecule has 0 aliphatic rings. The van der Waals surface area contributed by atoms with E-state index in [0.29, 0.717) is 28.7 Å². The second kappa shape index (κ2) is 8.11. The summed E-state index contributed by atoms with van der Waals surface area (Å²) in [4.78, 5) is 13.8. The van der Waals surface area contributed by atoms with Crippen molar-refractivity contribution < 1.29 is 13.2 Å². The fraction of sp³-hybridized carbons (Fsp3) is 0.400. The Labute approximate surface area is 156 Å². The number of aromatic nitrogens is 2. The SMILES string of the molecule is CCN(CC)C(=O)Cc1nnc(NS(=O)(=O)c2cccc(Cl)c2C)s1. The van der Waals surface area contributed by atoms with Crippen molar-refractivity contribution >= 4 is 44.0 Å². The Morgan fingerprint density at radius 3 is 2.60 bits per heavy atom. The molecule has 0 radical (unpaired) electrons. The van der Waals surface area contributed by atoms with Crippen molar-refractivity contribution in [2.75, 3.05) is 17.8 Å². The molecule has 0 fully saturated rings. The number of rotatable bonds is 7. The molecule has 0 saturated heterocycles. The average molecular weight is 403 g/mol. The first-order valence-corrected chi connectivity index (χ1v) is 10.3. The summed E-state index contributed by atoms with van der Waals surface area (Å²) in [7, 11) is -3.83. The summed E-state index contributed by atoms with van der Waals surface area (Å²) in [6.45, 7) is 6.65. The van der Waals surface area contributed by atoms with Gasteiger partial charge in [-0.2, -0.15) is 0 Å². The minimum Gasteiger partial charge on any atom is -0.343 e. The maximum Gasteiger partial charge on any atom is 0.264 e. The van der Waals surface area contributed by atoms with Crippen LogP contribution in [-0.2, 0) is 21.2 Å². The number of nitrogens with zero attached hydrogens (tertiary/aromatic N) is 3. The van der Waals surface area contributed by atoms with Gasteiger partial charge in [0.15, 0.2) is 0 Å². The molecule has 0 atom stereocenters. The molecule has 1 heterocycles. The summed E-state index contributed by atoms with van der Waals surface area (Å²) in [6.07, 6.45) is 0.0945. The summed E-state index contributed by atoms with van der Waals surface area (Å²) < 4.78 is 27.4. The molecule has 0 bridgehead atoms. The molecule has 136 valence electrons. The highest BCUT2D eigenvalue weighted by Gasteiger charge is 2.21. The number of likely N-dealkylation sites (N-methyl/N-ethyl adjacent to an activating group) is 1. The van der Waals surface area contributed by atoms with Crippen LogP contribution in [0.5, 0.6) is 0 Å². The summed E-state index contributed by atoms with van der Waals surface area (Å²) in [5, 5.41) is 8.65. The van der Waals surface area contributed by atoms with Crippen LogP contribution in [0.15, 0.2) is 23.1 Å². The Hall–Kier alpha value is -1.71. The largest absolute Gasteiger partial charge is 0.343 e. The van der Waals surface area contributed by atoms with Crippen LogP contribution in [0.4, 0.5) is 5.13 Å². The van der Waals surface area contributed by atoms with Gasteiger partial charge in [0.2, 0.25) is 11.0 Å². The van der Waals surface area contributed by atoms with E-state index in [1.165, 1.54) is 6.07 Å². The molecule has 0 aliphatic carbocycles. The molecule has 1 amide bonds. The van der Waals surface area contributed by atoms with Gasteiger partial charge < -0.3 is 4.90 Å². The Morgan fingerprint density at radius 1 is 1.28 bits per heavy atom. The number of amides is 1. The second-order valence-corrected chi connectivity index (χ2v) is 8.33. The minimum atomic E-state index is -3.83. The van der Waals surface area contributed by atoms with E-state index in [1.54, 1.807) is 24.0 Å². The van der Waals surface area contributed by atoms with Crippen molar-refractivity contribution in [1.82, 2.24) is 15.1 Å². The fourth-order valence-corrected chi connectivity index (χ4v) is 4.69. The molecule has 1 aromatic heterocycles. The third-order valence-electron chi connectivity index (χ3n) is 3.61. The Kier molecular flexibility index (Phi) is 6.36. The van der Waals surface area contributed by atoms with Gasteiger partial charge in [0, 0.05) is 18.1 Å². The predicted octanol–water partition coefficient (Wildman–Crippen LogP) is 2.71. The lowest BCUT2D eigenvalue weighted by molar-refractivity contribution is -0.130. The van der Waals surface area contributed by atoms with Gasteiger partial charge in [-0.15, -0.1) is 10.2 Å². The number of halogens is 1. The van der Waals surface area contributed by atoms with Crippen LogP contribution >= 0.6 is 22.9 Å². The molecule has 2 rings (SSSR count). The molecule has 0 spiro atoms. The molecular weight excluding hydrogens is 384 g/mol. The number of hydrogen-bond acceptors (Lipinski definition) is 6. The predicted molar refractivity (Wildman–Crippen MR) is 98.5 cm³/mol. The fourth-order valence-electron chi connectivity index (χ4n) is 2.23. The standard InChI is InChI=1S/C15H19ClN4O3S2/c1-4-20(5-2)14(21)9-13-17-18-15(24-13)19-25(22,23)12-8-6-7-11(16)10(12)3/h6-8H,4-5,9H2,1-3H3,(H,18,19). The maximum absolute atomic E-state index is 12.5. The Balaban J connectivity index is 2.15. The van der Waals surface area contributed by atoms with Crippen LogP contribution in [0.3, 0.4) is 0 Å². The molecule has 7 nitrogen and oxygen atoms in total. The maximum atomic E-state index is 12.5. The van der Waals surface area contributed by atoms with Gasteiger partial charge in [-0.1, -0.05) is 29.0 Å². The third-order valence-corrected chi connectivity index (χ3v) is 6.48. The summed E-state index contributed by atoms with van der Waals surface area (Å²) in [5.74, 6) is -0.0683. The molecule has 25 heavy (non-hydrogen) atoms. The highest BCUT2D eigenvalue weighted by molar-refractivity contribution is 7.93. The monoisotopic (exact) mass is 402 g/mol. The first-order chi connectivity index (χ1) is 11.8. The van der Waals surface area contributed by atoms with Crippen LogP contribution in [0.1, 0.15) is 24.4 Å². The van der Waals surface area contributed by atoms with Crippen molar-refractivity contribution in [1.29, 1.82) is 0 Å². The lowest BCUT2D eigenvalue weighted by atomic mass is 10.2. The smallest absolute Gasteiger partial charge is 0.264 e. The van der Waals surface area contributed by atoms with Crippen LogP contribution in [0.25, 0.3) is 0 Å². The first-order valence-electron chi connectivity index (χ1n) is 7.66. The zero-order valence-electron chi connectivity index (χ0n) is 14.1. The van der Waals surface area contributed by atoms with Crippen molar-refractivity contribution in [3.63, 3.8) is 0 Å². The zero-order valence-corrected chi connectivity index (χ0v) is 16.5. The van der Waals surface area contributed by atoms with E-state index in [0.717, 1.165) is 11.3 Å². The van der Waals surface area contributed by atoms with Crippen molar-refractivity contribution in [2.45, 2.75) is 32.1 Å². The molecule has 10 heteroatoms. The van der Waals surface area contributed by atoms with Crippen LogP contribution in [0.2, 0.25) is 5.02 Å². The third kappa shape index (κ3) is 4.68. The average Bonchev–Trinajstić information content (AvgIpc) is 2.97. The van der Waals surface area contributed by atoms with Gasteiger partial charge in [-0.25, -0.2) is 8.42 Å². The van der Waals surface area contributed by atoms with Crippen molar-refractivity contribution in [3.8, 4) is 0 Å². The molecule has 1 aromatic carbocycles. The molecular formula is C15H19ClN4O3S2. The molecule has 0 aliphatic heterocycles. The number of hydrogen-bond donors (Lipinski definition) is 1. The molecule has 0 unspecified atom stereocenters. The lowest BCUT2D eigenvalue weighted by Crippen LogP contribution is -2.31. The number of carbonyl (C=O) groups excluding carboxylic acids is 1. The van der Waals surface area contributed by atoms with Gasteiger partial charge in [0.05, 0.1) is 11.3 Å². The quantitative estimate of drug-likeness (QED) is 0.768. The normalized spacial score (nSPS) is 11.4. The van der Waals surface area contributed by atoms with E-state index < -0.39 is 10.0 Å². The number of benzene rings is 1. The van der Waals surface area contributed by atoms with E-state index in [2.05, 4.69) is 14.9 Å². The van der Waals surface area contributed by atoms with Gasteiger partial charge in [0.1, 0.15) is 5.01 Å². The molecule has 0 saturated carbocycles. The highest BCUT2D eigenvalue weighted by Crippen LogP contribution is 2.26. The van der Waals surface area contributed by atoms with Gasteiger partial charge in [0.25, 0.3) is 10.0 Å². The van der Waals surface area contributed by atoms with E-state index in [1.807, 2.05) is 13.8 Å². The zero-order chi connectivity index (χ0) is 18.6. The van der Waals surface area contributed by atoms with Gasteiger partial charge in [-0.3, -0.25) is 9.52 Å². The number of sulfonamides is 1. The van der Waals surface area contributed by atoms with Crippen molar-refractivity contribution in [2.24, 2.45) is 0 Å². The summed E-state index contributed by atoms with van der Waals surface area (Å²) >= 11 is 7.02. The molecule has 1 N–H and O–H groups in total. The Morgan fingerprint density at radius 2 is 1.96 bits per heavy atom. The number of carbonyl (C=O) groups is 1. The number of nitrogens with one attached hydrogen (secondary N) is 1. The lowest BCUT2D eigenvalue weighted by Gasteiger charge is -2.17. The van der Waals surface area contributed by atoms with E-state index in [-0.39, 0.29) is 22.4 Å². The van der Waals surface area contributed by atoms with Crippen LogP contribution in [-0.4, -0.2) is 42.5 Å². The van der Waals surface area contributed by atoms with Crippen LogP contribution in [0, 0.1) is 6.92 Å². The number of anilines is 1. The van der Waals surface area contributed by atoms with Crippen molar-refractivity contribution in [3.05, 3.63) is 33.8 Å². The minimum absolute atomic E-state index is 0.0683. The molecule has 2 aromatic rings. The van der Waals surface area contributed by atoms with Gasteiger partial charge in [-0.05, 0) is 38.5 Å². The first kappa shape index (κ1) is 19.6. The summed E-state index contributed by atoms with van der Waals surface area (Å²) in [5.41, 5.74) is 0.457.